The summed E-state index contributed by atoms with van der Waals surface area (Å²) in [6, 6.07) is 0. The third-order valence-corrected chi connectivity index (χ3v) is 4.54. The van der Waals surface area contributed by atoms with Gasteiger partial charge in [-0.25, -0.2) is 8.42 Å². The van der Waals surface area contributed by atoms with Crippen LogP contribution in [0.5, 0.6) is 0 Å². The monoisotopic (exact) mass is 247 g/mol. The molecule has 1 N–H and O–H groups in total. The summed E-state index contributed by atoms with van der Waals surface area (Å²) in [5.41, 5.74) is -0.640. The third-order valence-electron chi connectivity index (χ3n) is 2.64. The number of sulfone groups is 1. The van der Waals surface area contributed by atoms with Gasteiger partial charge < -0.3 is 5.32 Å². The van der Waals surface area contributed by atoms with Crippen molar-refractivity contribution in [3.63, 3.8) is 0 Å². The first-order valence-corrected chi connectivity index (χ1v) is 7.35. The second kappa shape index (κ2) is 4.02. The first-order chi connectivity index (χ1) is 7.02. The summed E-state index contributed by atoms with van der Waals surface area (Å²) in [6.45, 7) is 7.76. The van der Waals surface area contributed by atoms with Gasteiger partial charge in [0, 0.05) is 6.42 Å². The van der Waals surface area contributed by atoms with Gasteiger partial charge in [-0.15, -0.1) is 0 Å². The average molecular weight is 247 g/mol. The molecule has 0 spiro atoms. The van der Waals surface area contributed by atoms with Crippen LogP contribution in [-0.2, 0) is 14.6 Å². The number of carbonyl (C=O) groups excluding carboxylic acids is 1. The molecule has 1 amide bonds. The van der Waals surface area contributed by atoms with Crippen LogP contribution in [0.15, 0.2) is 0 Å². The standard InChI is InChI=1S/C11H21NO3S/c1-10(2,3)7-9(13)12-11(4)5-6-16(14,15)8-11/h5-8H2,1-4H3,(H,12,13). The van der Waals surface area contributed by atoms with Gasteiger partial charge in [-0.05, 0) is 18.8 Å². The molecule has 5 heteroatoms. The van der Waals surface area contributed by atoms with Crippen LogP contribution < -0.4 is 5.32 Å². The summed E-state index contributed by atoms with van der Waals surface area (Å²) in [5, 5.41) is 2.85. The summed E-state index contributed by atoms with van der Waals surface area (Å²) in [6.07, 6.45) is 0.938. The minimum absolute atomic E-state index is 0.0629. The van der Waals surface area contributed by atoms with Gasteiger partial charge in [0.2, 0.25) is 5.91 Å². The van der Waals surface area contributed by atoms with Crippen LogP contribution in [0, 0.1) is 5.41 Å². The molecular weight excluding hydrogens is 226 g/mol. The van der Waals surface area contributed by atoms with Crippen LogP contribution >= 0.6 is 0 Å². The molecule has 1 unspecified atom stereocenters. The van der Waals surface area contributed by atoms with Crippen LogP contribution in [0.1, 0.15) is 40.5 Å². The number of nitrogens with one attached hydrogen (secondary N) is 1. The van der Waals surface area contributed by atoms with Crippen LogP contribution in [0.2, 0.25) is 0 Å². The van der Waals surface area contributed by atoms with Gasteiger partial charge in [-0.1, -0.05) is 20.8 Å². The Bertz CT molecular complexity index is 381. The van der Waals surface area contributed by atoms with Gasteiger partial charge in [-0.3, -0.25) is 4.79 Å². The molecule has 0 radical (unpaired) electrons. The summed E-state index contributed by atoms with van der Waals surface area (Å²) in [5.74, 6) is 0.182. The van der Waals surface area contributed by atoms with Crippen LogP contribution in [0.3, 0.4) is 0 Å². The zero-order valence-corrected chi connectivity index (χ0v) is 11.3. The highest BCUT2D eigenvalue weighted by Gasteiger charge is 2.39. The molecule has 1 fully saturated rings. The number of hydrogen-bond acceptors (Lipinski definition) is 3. The summed E-state index contributed by atoms with van der Waals surface area (Å²) in [7, 11) is -2.96. The van der Waals surface area contributed by atoms with E-state index < -0.39 is 15.4 Å². The number of hydrogen-bond donors (Lipinski definition) is 1. The van der Waals surface area contributed by atoms with Gasteiger partial charge >= 0.3 is 0 Å². The fourth-order valence-electron chi connectivity index (χ4n) is 1.97. The summed E-state index contributed by atoms with van der Waals surface area (Å²) >= 11 is 0. The van der Waals surface area contributed by atoms with Crippen molar-refractivity contribution in [3.8, 4) is 0 Å². The van der Waals surface area contributed by atoms with Crippen molar-refractivity contribution in [2.75, 3.05) is 11.5 Å². The van der Waals surface area contributed by atoms with Crippen molar-refractivity contribution >= 4 is 15.7 Å². The molecular formula is C11H21NO3S. The molecule has 0 aromatic carbocycles. The molecule has 16 heavy (non-hydrogen) atoms. The lowest BCUT2D eigenvalue weighted by Gasteiger charge is -2.26. The molecule has 1 saturated heterocycles. The highest BCUT2D eigenvalue weighted by atomic mass is 32.2. The van der Waals surface area contributed by atoms with E-state index in [1.165, 1.54) is 0 Å². The van der Waals surface area contributed by atoms with E-state index in [1.54, 1.807) is 6.92 Å². The van der Waals surface area contributed by atoms with E-state index in [9.17, 15) is 13.2 Å². The molecule has 0 aromatic rings. The molecule has 1 atom stereocenters. The van der Waals surface area contributed by atoms with E-state index in [0.717, 1.165) is 0 Å². The number of carbonyl (C=O) groups is 1. The first kappa shape index (κ1) is 13.5. The average Bonchev–Trinajstić information content (AvgIpc) is 2.19. The maximum absolute atomic E-state index is 11.7. The second-order valence-electron chi connectivity index (χ2n) is 6.19. The van der Waals surface area contributed by atoms with E-state index in [0.29, 0.717) is 12.8 Å². The van der Waals surface area contributed by atoms with E-state index in [1.807, 2.05) is 20.8 Å². The molecule has 4 nitrogen and oxygen atoms in total. The quantitative estimate of drug-likeness (QED) is 0.795. The highest BCUT2D eigenvalue weighted by Crippen LogP contribution is 2.24. The Morgan fingerprint density at radius 3 is 2.31 bits per heavy atom. The van der Waals surface area contributed by atoms with Crippen molar-refractivity contribution in [1.29, 1.82) is 0 Å². The zero-order valence-electron chi connectivity index (χ0n) is 10.5. The minimum atomic E-state index is -2.96. The van der Waals surface area contributed by atoms with Gasteiger partial charge in [0.1, 0.15) is 0 Å². The van der Waals surface area contributed by atoms with Crippen LogP contribution in [0.4, 0.5) is 0 Å². The number of amides is 1. The summed E-state index contributed by atoms with van der Waals surface area (Å²) in [4.78, 5) is 11.7. The van der Waals surface area contributed by atoms with Gasteiger partial charge in [0.25, 0.3) is 0 Å². The topological polar surface area (TPSA) is 63.2 Å². The van der Waals surface area contributed by atoms with E-state index in [4.69, 9.17) is 0 Å². The molecule has 0 aliphatic carbocycles. The Morgan fingerprint density at radius 2 is 1.94 bits per heavy atom. The maximum Gasteiger partial charge on any atom is 0.220 e. The van der Waals surface area contributed by atoms with Crippen molar-refractivity contribution in [2.24, 2.45) is 5.41 Å². The Labute approximate surface area is 97.7 Å². The Hall–Kier alpha value is -0.580. The fraction of sp³-hybridized carbons (Fsp3) is 0.909. The lowest BCUT2D eigenvalue weighted by atomic mass is 9.91. The maximum atomic E-state index is 11.7. The molecule has 0 bridgehead atoms. The molecule has 1 aliphatic rings. The largest absolute Gasteiger partial charge is 0.350 e. The van der Waals surface area contributed by atoms with Crippen LogP contribution in [-0.4, -0.2) is 31.4 Å². The van der Waals surface area contributed by atoms with E-state index in [-0.39, 0.29) is 22.8 Å². The lowest BCUT2D eigenvalue weighted by molar-refractivity contribution is -0.124. The minimum Gasteiger partial charge on any atom is -0.350 e. The Balaban J connectivity index is 2.59. The van der Waals surface area contributed by atoms with Crippen molar-refractivity contribution in [1.82, 2.24) is 5.32 Å². The molecule has 1 rings (SSSR count). The number of rotatable bonds is 2. The molecule has 0 aromatic heterocycles. The smallest absolute Gasteiger partial charge is 0.220 e. The predicted octanol–water partition coefficient (Wildman–Crippen LogP) is 1.12. The Morgan fingerprint density at radius 1 is 1.38 bits per heavy atom. The van der Waals surface area contributed by atoms with E-state index in [2.05, 4.69) is 5.32 Å². The first-order valence-electron chi connectivity index (χ1n) is 5.53. The van der Waals surface area contributed by atoms with Crippen molar-refractivity contribution in [2.45, 2.75) is 46.1 Å². The van der Waals surface area contributed by atoms with Gasteiger partial charge in [0.05, 0.1) is 17.0 Å². The predicted molar refractivity (Wildman–Crippen MR) is 63.9 cm³/mol. The zero-order chi connectivity index (χ0) is 12.6. The highest BCUT2D eigenvalue weighted by molar-refractivity contribution is 7.91. The van der Waals surface area contributed by atoms with Crippen molar-refractivity contribution < 1.29 is 13.2 Å². The molecule has 94 valence electrons. The SMILES string of the molecule is CC(C)(C)CC(=O)NC1(C)CCS(=O)(=O)C1. The molecule has 1 aliphatic heterocycles. The van der Waals surface area contributed by atoms with Crippen molar-refractivity contribution in [3.05, 3.63) is 0 Å². The lowest BCUT2D eigenvalue weighted by Crippen LogP contribution is -2.47. The molecule has 0 saturated carbocycles. The van der Waals surface area contributed by atoms with E-state index >= 15 is 0 Å². The molecule has 1 heterocycles. The second-order valence-corrected chi connectivity index (χ2v) is 8.37. The third kappa shape index (κ3) is 4.12. The normalized spacial score (nSPS) is 29.0. The fourth-order valence-corrected chi connectivity index (χ4v) is 4.06. The Kier molecular flexibility index (Phi) is 3.39. The van der Waals surface area contributed by atoms with Gasteiger partial charge in [0.15, 0.2) is 9.84 Å². The van der Waals surface area contributed by atoms with Gasteiger partial charge in [-0.2, -0.15) is 0 Å². The van der Waals surface area contributed by atoms with Crippen LogP contribution in [0.25, 0.3) is 0 Å². The summed E-state index contributed by atoms with van der Waals surface area (Å²) < 4.78 is 22.7.